The van der Waals surface area contributed by atoms with Crippen molar-refractivity contribution < 1.29 is 14.3 Å². The molecule has 1 heterocycles. The van der Waals surface area contributed by atoms with Crippen molar-refractivity contribution in [2.24, 2.45) is 0 Å². The van der Waals surface area contributed by atoms with E-state index >= 15 is 0 Å². The molecule has 5 nitrogen and oxygen atoms in total. The van der Waals surface area contributed by atoms with E-state index in [9.17, 15) is 4.79 Å². The Morgan fingerprint density at radius 3 is 2.76 bits per heavy atom. The van der Waals surface area contributed by atoms with Gasteiger partial charge in [0, 0.05) is 18.5 Å². The van der Waals surface area contributed by atoms with Crippen molar-refractivity contribution in [3.8, 4) is 5.75 Å². The number of amides is 1. The number of carbonyl (C=O) groups excluding carboxylic acids is 1. The van der Waals surface area contributed by atoms with Crippen LogP contribution in [0.3, 0.4) is 0 Å². The molecule has 1 aliphatic rings. The summed E-state index contributed by atoms with van der Waals surface area (Å²) in [6, 6.07) is 7.48. The lowest BCUT2D eigenvalue weighted by Crippen LogP contribution is -2.16. The molecule has 0 radical (unpaired) electrons. The first-order valence-corrected chi connectivity index (χ1v) is 7.07. The smallest absolute Gasteiger partial charge is 0.224 e. The van der Waals surface area contributed by atoms with E-state index in [1.807, 2.05) is 31.3 Å². The Morgan fingerprint density at radius 2 is 2.14 bits per heavy atom. The predicted molar refractivity (Wildman–Crippen MR) is 85.3 cm³/mol. The van der Waals surface area contributed by atoms with Crippen molar-refractivity contribution in [1.29, 1.82) is 0 Å². The van der Waals surface area contributed by atoms with Gasteiger partial charge in [0.15, 0.2) is 0 Å². The molecular formula is C15H23ClN2O3. The van der Waals surface area contributed by atoms with Gasteiger partial charge in [-0.2, -0.15) is 0 Å². The minimum Gasteiger partial charge on any atom is -0.488 e. The normalized spacial score (nSPS) is 17.1. The summed E-state index contributed by atoms with van der Waals surface area (Å²) in [6.45, 7) is 2.28. The lowest BCUT2D eigenvalue weighted by Gasteiger charge is -2.12. The zero-order valence-corrected chi connectivity index (χ0v) is 13.1. The highest BCUT2D eigenvalue weighted by atomic mass is 35.5. The van der Waals surface area contributed by atoms with Crippen LogP contribution >= 0.6 is 12.4 Å². The molecule has 0 bridgehead atoms. The maximum absolute atomic E-state index is 11.7. The summed E-state index contributed by atoms with van der Waals surface area (Å²) >= 11 is 0. The lowest BCUT2D eigenvalue weighted by molar-refractivity contribution is -0.116. The maximum atomic E-state index is 11.7. The van der Waals surface area contributed by atoms with Crippen LogP contribution in [-0.2, 0) is 9.53 Å². The first-order chi connectivity index (χ1) is 9.78. The Hall–Kier alpha value is -1.30. The van der Waals surface area contributed by atoms with Crippen molar-refractivity contribution in [2.45, 2.75) is 25.4 Å². The average Bonchev–Trinajstić information content (AvgIpc) is 2.94. The highest BCUT2D eigenvalue weighted by molar-refractivity contribution is 5.90. The summed E-state index contributed by atoms with van der Waals surface area (Å²) in [4.78, 5) is 11.7. The topological polar surface area (TPSA) is 59.6 Å². The molecule has 0 aromatic heterocycles. The van der Waals surface area contributed by atoms with Gasteiger partial charge in [-0.15, -0.1) is 12.4 Å². The summed E-state index contributed by atoms with van der Waals surface area (Å²) in [5.74, 6) is 0.854. The second-order valence-electron chi connectivity index (χ2n) is 4.88. The number of hydrogen-bond donors (Lipinski definition) is 2. The molecule has 0 saturated carbocycles. The van der Waals surface area contributed by atoms with Crippen LogP contribution in [0.4, 0.5) is 5.69 Å². The van der Waals surface area contributed by atoms with Gasteiger partial charge in [0.25, 0.3) is 0 Å². The molecule has 2 rings (SSSR count). The van der Waals surface area contributed by atoms with E-state index in [2.05, 4.69) is 10.6 Å². The fraction of sp³-hybridized carbons (Fsp3) is 0.533. The van der Waals surface area contributed by atoms with E-state index in [-0.39, 0.29) is 24.4 Å². The Morgan fingerprint density at radius 1 is 1.38 bits per heavy atom. The van der Waals surface area contributed by atoms with Crippen molar-refractivity contribution in [3.05, 3.63) is 24.3 Å². The third-order valence-electron chi connectivity index (χ3n) is 3.16. The quantitative estimate of drug-likeness (QED) is 0.758. The highest BCUT2D eigenvalue weighted by Gasteiger charge is 2.16. The van der Waals surface area contributed by atoms with Gasteiger partial charge < -0.3 is 20.1 Å². The molecule has 0 spiro atoms. The standard InChI is InChI=1S/C15H22N2O3.ClH/c1-16-9-2-3-15(18)17-12-4-6-13(7-5-12)20-14-8-10-19-11-14;/h4-7,14,16H,2-3,8-11H2,1H3,(H,17,18);1H. The van der Waals surface area contributed by atoms with E-state index in [0.29, 0.717) is 13.0 Å². The number of rotatable bonds is 7. The number of benzene rings is 1. The van der Waals surface area contributed by atoms with E-state index in [4.69, 9.17) is 9.47 Å². The van der Waals surface area contributed by atoms with Gasteiger partial charge in [0.1, 0.15) is 11.9 Å². The molecule has 1 atom stereocenters. The molecule has 2 N–H and O–H groups in total. The van der Waals surface area contributed by atoms with Crippen LogP contribution in [-0.4, -0.2) is 38.8 Å². The van der Waals surface area contributed by atoms with Crippen LogP contribution in [0.2, 0.25) is 0 Å². The van der Waals surface area contributed by atoms with E-state index < -0.39 is 0 Å². The van der Waals surface area contributed by atoms with Gasteiger partial charge in [-0.3, -0.25) is 4.79 Å². The molecule has 1 amide bonds. The van der Waals surface area contributed by atoms with Crippen LogP contribution in [0.5, 0.6) is 5.75 Å². The molecule has 118 valence electrons. The number of carbonyl (C=O) groups is 1. The average molecular weight is 315 g/mol. The third kappa shape index (κ3) is 6.33. The Labute approximate surface area is 131 Å². The van der Waals surface area contributed by atoms with Gasteiger partial charge in [0.05, 0.1) is 13.2 Å². The van der Waals surface area contributed by atoms with Crippen LogP contribution in [0.25, 0.3) is 0 Å². The van der Waals surface area contributed by atoms with Gasteiger partial charge in [-0.1, -0.05) is 0 Å². The summed E-state index contributed by atoms with van der Waals surface area (Å²) in [6.07, 6.45) is 2.45. The molecule has 0 aliphatic carbocycles. The van der Waals surface area contributed by atoms with Gasteiger partial charge in [-0.25, -0.2) is 0 Å². The largest absolute Gasteiger partial charge is 0.488 e. The SMILES string of the molecule is CNCCCC(=O)Nc1ccc(OC2CCOC2)cc1.Cl. The number of halogens is 1. The minimum absolute atomic E-state index is 0. The first kappa shape index (κ1) is 17.8. The van der Waals surface area contributed by atoms with Crippen molar-refractivity contribution >= 4 is 24.0 Å². The first-order valence-electron chi connectivity index (χ1n) is 7.07. The van der Waals surface area contributed by atoms with Crippen molar-refractivity contribution in [3.63, 3.8) is 0 Å². The van der Waals surface area contributed by atoms with Gasteiger partial charge in [0.2, 0.25) is 5.91 Å². The second-order valence-corrected chi connectivity index (χ2v) is 4.88. The molecule has 21 heavy (non-hydrogen) atoms. The zero-order chi connectivity index (χ0) is 14.2. The maximum Gasteiger partial charge on any atom is 0.224 e. The molecule has 1 aromatic carbocycles. The van der Waals surface area contributed by atoms with Gasteiger partial charge >= 0.3 is 0 Å². The van der Waals surface area contributed by atoms with E-state index in [0.717, 1.165) is 37.4 Å². The molecule has 1 unspecified atom stereocenters. The molecule has 1 aliphatic heterocycles. The van der Waals surface area contributed by atoms with Crippen molar-refractivity contribution in [1.82, 2.24) is 5.32 Å². The molecule has 1 fully saturated rings. The van der Waals surface area contributed by atoms with Crippen LogP contribution in [0.15, 0.2) is 24.3 Å². The Bertz CT molecular complexity index is 419. The van der Waals surface area contributed by atoms with Crippen LogP contribution in [0.1, 0.15) is 19.3 Å². The minimum atomic E-state index is 0. The number of nitrogens with one attached hydrogen (secondary N) is 2. The second kappa shape index (κ2) is 9.60. The number of ether oxygens (including phenoxy) is 2. The molecular weight excluding hydrogens is 292 g/mol. The van der Waals surface area contributed by atoms with Crippen LogP contribution < -0.4 is 15.4 Å². The number of anilines is 1. The highest BCUT2D eigenvalue weighted by Crippen LogP contribution is 2.19. The third-order valence-corrected chi connectivity index (χ3v) is 3.16. The fourth-order valence-electron chi connectivity index (χ4n) is 2.06. The summed E-state index contributed by atoms with van der Waals surface area (Å²) < 4.78 is 11.0. The Balaban J connectivity index is 0.00000220. The van der Waals surface area contributed by atoms with Crippen molar-refractivity contribution in [2.75, 3.05) is 32.1 Å². The lowest BCUT2D eigenvalue weighted by atomic mass is 10.2. The monoisotopic (exact) mass is 314 g/mol. The molecule has 1 saturated heterocycles. The Kier molecular flexibility index (Phi) is 8.12. The predicted octanol–water partition coefficient (Wildman–Crippen LogP) is 2.21. The summed E-state index contributed by atoms with van der Waals surface area (Å²) in [5.41, 5.74) is 0.800. The fourth-order valence-corrected chi connectivity index (χ4v) is 2.06. The zero-order valence-electron chi connectivity index (χ0n) is 12.3. The van der Waals surface area contributed by atoms with E-state index in [1.165, 1.54) is 0 Å². The van der Waals surface area contributed by atoms with Crippen LogP contribution in [0, 0.1) is 0 Å². The summed E-state index contributed by atoms with van der Waals surface area (Å²) in [5, 5.41) is 5.90. The molecule has 1 aromatic rings. The van der Waals surface area contributed by atoms with Gasteiger partial charge in [-0.05, 0) is 44.3 Å². The number of hydrogen-bond acceptors (Lipinski definition) is 4. The summed E-state index contributed by atoms with van der Waals surface area (Å²) in [7, 11) is 1.88. The molecule has 6 heteroatoms. The van der Waals surface area contributed by atoms with E-state index in [1.54, 1.807) is 0 Å².